The van der Waals surface area contributed by atoms with Gasteiger partial charge in [-0.2, -0.15) is 0 Å². The third-order valence-corrected chi connectivity index (χ3v) is 5.26. The number of esters is 1. The van der Waals surface area contributed by atoms with Crippen molar-refractivity contribution in [3.8, 4) is 11.5 Å². The van der Waals surface area contributed by atoms with E-state index in [1.165, 1.54) is 0 Å². The van der Waals surface area contributed by atoms with Crippen LogP contribution >= 0.6 is 0 Å². The minimum Gasteiger partial charge on any atom is -0.457 e. The molecule has 0 aromatic heterocycles. The molecule has 0 unspecified atom stereocenters. The third-order valence-electron chi connectivity index (χ3n) is 5.26. The van der Waals surface area contributed by atoms with Crippen molar-refractivity contribution in [2.45, 2.75) is 12.8 Å². The summed E-state index contributed by atoms with van der Waals surface area (Å²) < 4.78 is 10.8. The number of carbonyl (C=O) groups excluding carboxylic acids is 3. The van der Waals surface area contributed by atoms with Crippen molar-refractivity contribution in [2.24, 2.45) is 0 Å². The van der Waals surface area contributed by atoms with Crippen LogP contribution in [0.3, 0.4) is 0 Å². The summed E-state index contributed by atoms with van der Waals surface area (Å²) in [5, 5.41) is 2.51. The van der Waals surface area contributed by atoms with Gasteiger partial charge in [-0.05, 0) is 60.9 Å². The molecular weight excluding hydrogens is 420 g/mol. The summed E-state index contributed by atoms with van der Waals surface area (Å²) in [6.45, 7) is -0.104. The standard InChI is InChI=1S/C26H24N2O5/c29-24(28-16-6-8-19-7-4-5-11-23(19)28)18-32-25(30)17-27-26(31)20-12-14-22(15-13-20)33-21-9-2-1-3-10-21/h1-5,7,9-15H,6,8,16-18H2,(H,27,31). The van der Waals surface area contributed by atoms with Crippen LogP contribution < -0.4 is 15.0 Å². The minimum absolute atomic E-state index is 0.282. The highest BCUT2D eigenvalue weighted by molar-refractivity contribution is 5.97. The lowest BCUT2D eigenvalue weighted by Crippen LogP contribution is -2.39. The van der Waals surface area contributed by atoms with Crippen LogP contribution in [0.15, 0.2) is 78.9 Å². The highest BCUT2D eigenvalue weighted by Gasteiger charge is 2.23. The summed E-state index contributed by atoms with van der Waals surface area (Å²) in [7, 11) is 0. The summed E-state index contributed by atoms with van der Waals surface area (Å²) in [4.78, 5) is 38.5. The Morgan fingerprint density at radius 3 is 2.33 bits per heavy atom. The van der Waals surface area contributed by atoms with E-state index in [0.29, 0.717) is 23.6 Å². The molecule has 0 saturated carbocycles. The second-order valence-electron chi connectivity index (χ2n) is 7.56. The van der Waals surface area contributed by atoms with E-state index in [-0.39, 0.29) is 19.1 Å². The number of nitrogens with zero attached hydrogens (tertiary/aromatic N) is 1. The van der Waals surface area contributed by atoms with E-state index < -0.39 is 11.9 Å². The lowest BCUT2D eigenvalue weighted by atomic mass is 10.0. The predicted octanol–water partition coefficient (Wildman–Crippen LogP) is 3.73. The fourth-order valence-electron chi connectivity index (χ4n) is 3.62. The van der Waals surface area contributed by atoms with Gasteiger partial charge in [0.05, 0.1) is 0 Å². The van der Waals surface area contributed by atoms with Gasteiger partial charge in [-0.25, -0.2) is 0 Å². The molecular formula is C26H24N2O5. The molecule has 168 valence electrons. The van der Waals surface area contributed by atoms with Crippen molar-refractivity contribution in [3.63, 3.8) is 0 Å². The van der Waals surface area contributed by atoms with Crippen LogP contribution in [-0.4, -0.2) is 37.5 Å². The number of rotatable bonds is 7. The molecule has 0 radical (unpaired) electrons. The Hall–Kier alpha value is -4.13. The van der Waals surface area contributed by atoms with Crippen LogP contribution in [0.1, 0.15) is 22.3 Å². The molecule has 0 bridgehead atoms. The summed E-state index contributed by atoms with van der Waals surface area (Å²) in [5.74, 6) is -0.0913. The Labute approximate surface area is 191 Å². The topological polar surface area (TPSA) is 84.9 Å². The molecule has 4 rings (SSSR count). The molecule has 0 fully saturated rings. The number of hydrogen-bond acceptors (Lipinski definition) is 5. The molecule has 1 N–H and O–H groups in total. The van der Waals surface area contributed by atoms with Crippen LogP contribution in [0.2, 0.25) is 0 Å². The van der Waals surface area contributed by atoms with E-state index >= 15 is 0 Å². The number of anilines is 1. The predicted molar refractivity (Wildman–Crippen MR) is 123 cm³/mol. The lowest BCUT2D eigenvalue weighted by Gasteiger charge is -2.29. The molecule has 1 aliphatic rings. The average molecular weight is 444 g/mol. The molecule has 0 aliphatic carbocycles. The van der Waals surface area contributed by atoms with Crippen LogP contribution in [0.25, 0.3) is 0 Å². The van der Waals surface area contributed by atoms with Gasteiger partial charge in [0.15, 0.2) is 6.61 Å². The van der Waals surface area contributed by atoms with Crippen LogP contribution in [0, 0.1) is 0 Å². The molecule has 0 spiro atoms. The summed E-state index contributed by atoms with van der Waals surface area (Å²) in [6.07, 6.45) is 1.78. The highest BCUT2D eigenvalue weighted by atomic mass is 16.5. The Kier molecular flexibility index (Phi) is 6.99. The molecule has 3 aromatic rings. The first kappa shape index (κ1) is 22.1. The van der Waals surface area contributed by atoms with Gasteiger partial charge in [-0.3, -0.25) is 14.4 Å². The quantitative estimate of drug-likeness (QED) is 0.562. The minimum atomic E-state index is -0.675. The van der Waals surface area contributed by atoms with Crippen molar-refractivity contribution >= 4 is 23.5 Å². The molecule has 2 amide bonds. The molecule has 7 heteroatoms. The summed E-state index contributed by atoms with van der Waals surface area (Å²) >= 11 is 0. The number of ether oxygens (including phenoxy) is 2. The number of hydrogen-bond donors (Lipinski definition) is 1. The Morgan fingerprint density at radius 2 is 1.55 bits per heavy atom. The van der Waals surface area contributed by atoms with Gasteiger partial charge in [0, 0.05) is 17.8 Å². The summed E-state index contributed by atoms with van der Waals surface area (Å²) in [6, 6.07) is 23.6. The van der Waals surface area contributed by atoms with Gasteiger partial charge < -0.3 is 19.7 Å². The third kappa shape index (κ3) is 5.77. The fraction of sp³-hybridized carbons (Fsp3) is 0.192. The van der Waals surface area contributed by atoms with Crippen LogP contribution in [0.4, 0.5) is 5.69 Å². The average Bonchev–Trinajstić information content (AvgIpc) is 2.86. The number of para-hydroxylation sites is 2. The number of nitrogens with one attached hydrogen (secondary N) is 1. The zero-order valence-electron chi connectivity index (χ0n) is 18.0. The molecule has 7 nitrogen and oxygen atoms in total. The normalized spacial score (nSPS) is 12.4. The van der Waals surface area contributed by atoms with Crippen LogP contribution in [-0.2, 0) is 20.7 Å². The van der Waals surface area contributed by atoms with E-state index in [9.17, 15) is 14.4 Å². The zero-order valence-corrected chi connectivity index (χ0v) is 18.0. The lowest BCUT2D eigenvalue weighted by molar-refractivity contribution is -0.146. The van der Waals surface area contributed by atoms with Gasteiger partial charge in [0.1, 0.15) is 18.0 Å². The van der Waals surface area contributed by atoms with E-state index in [4.69, 9.17) is 9.47 Å². The maximum absolute atomic E-state index is 12.5. The summed E-state index contributed by atoms with van der Waals surface area (Å²) in [5.41, 5.74) is 2.35. The number of fused-ring (bicyclic) bond motifs is 1. The Morgan fingerprint density at radius 1 is 0.848 bits per heavy atom. The van der Waals surface area contributed by atoms with Gasteiger partial charge >= 0.3 is 5.97 Å². The molecule has 1 aliphatic heterocycles. The number of benzene rings is 3. The fourth-order valence-corrected chi connectivity index (χ4v) is 3.62. The van der Waals surface area contributed by atoms with Crippen molar-refractivity contribution in [1.82, 2.24) is 5.32 Å². The Balaban J connectivity index is 1.23. The van der Waals surface area contributed by atoms with Gasteiger partial charge in [-0.1, -0.05) is 36.4 Å². The van der Waals surface area contributed by atoms with E-state index in [2.05, 4.69) is 5.32 Å². The molecule has 33 heavy (non-hydrogen) atoms. The number of aryl methyl sites for hydroxylation is 1. The molecule has 3 aromatic carbocycles. The van der Waals surface area contributed by atoms with E-state index in [0.717, 1.165) is 24.1 Å². The van der Waals surface area contributed by atoms with Crippen molar-refractivity contribution in [3.05, 3.63) is 90.0 Å². The van der Waals surface area contributed by atoms with Crippen LogP contribution in [0.5, 0.6) is 11.5 Å². The smallest absolute Gasteiger partial charge is 0.325 e. The van der Waals surface area contributed by atoms with E-state index in [1.807, 2.05) is 54.6 Å². The molecule has 0 saturated heterocycles. The van der Waals surface area contributed by atoms with Crippen molar-refractivity contribution in [2.75, 3.05) is 24.6 Å². The number of carbonyl (C=O) groups is 3. The maximum Gasteiger partial charge on any atom is 0.325 e. The largest absolute Gasteiger partial charge is 0.457 e. The monoisotopic (exact) mass is 444 g/mol. The van der Waals surface area contributed by atoms with E-state index in [1.54, 1.807) is 29.2 Å². The molecule has 1 heterocycles. The zero-order chi connectivity index (χ0) is 23.0. The maximum atomic E-state index is 12.5. The second-order valence-corrected chi connectivity index (χ2v) is 7.56. The van der Waals surface area contributed by atoms with Crippen molar-refractivity contribution < 1.29 is 23.9 Å². The second kappa shape index (κ2) is 10.5. The first-order valence-corrected chi connectivity index (χ1v) is 10.8. The van der Waals surface area contributed by atoms with Gasteiger partial charge in [0.2, 0.25) is 0 Å². The first-order chi connectivity index (χ1) is 16.1. The molecule has 0 atom stereocenters. The van der Waals surface area contributed by atoms with Gasteiger partial charge in [0.25, 0.3) is 11.8 Å². The highest BCUT2D eigenvalue weighted by Crippen LogP contribution is 2.26. The Bertz CT molecular complexity index is 1130. The first-order valence-electron chi connectivity index (χ1n) is 10.8. The number of amides is 2. The van der Waals surface area contributed by atoms with Gasteiger partial charge in [-0.15, -0.1) is 0 Å². The van der Waals surface area contributed by atoms with Crippen molar-refractivity contribution in [1.29, 1.82) is 0 Å². The SMILES string of the molecule is O=C(CNC(=O)c1ccc(Oc2ccccc2)cc1)OCC(=O)N1CCCc2ccccc21.